The van der Waals surface area contributed by atoms with Crippen molar-refractivity contribution in [3.8, 4) is 0 Å². The molecule has 1 heterocycles. The molecule has 0 radical (unpaired) electrons. The Labute approximate surface area is 166 Å². The van der Waals surface area contributed by atoms with Crippen LogP contribution in [0.15, 0.2) is 72.1 Å². The number of amides is 3. The lowest BCUT2D eigenvalue weighted by Crippen LogP contribution is -2.35. The minimum absolute atomic E-state index is 0.110. The molecule has 0 aliphatic rings. The second kappa shape index (κ2) is 8.96. The fourth-order valence-electron chi connectivity index (χ4n) is 2.59. The molecule has 6 nitrogen and oxygen atoms in total. The molecule has 3 rings (SSSR count). The monoisotopic (exact) mass is 393 g/mol. The van der Waals surface area contributed by atoms with Gasteiger partial charge in [0.05, 0.1) is 22.7 Å². The van der Waals surface area contributed by atoms with Crippen LogP contribution in [0.4, 0.5) is 11.4 Å². The molecule has 1 aromatic heterocycles. The predicted octanol–water partition coefficient (Wildman–Crippen LogP) is 3.71. The first-order chi connectivity index (χ1) is 13.5. The van der Waals surface area contributed by atoms with E-state index in [9.17, 15) is 14.4 Å². The van der Waals surface area contributed by atoms with E-state index >= 15 is 0 Å². The van der Waals surface area contributed by atoms with Crippen LogP contribution in [0.5, 0.6) is 0 Å². The summed E-state index contributed by atoms with van der Waals surface area (Å²) in [5.41, 5.74) is 1.39. The molecule has 0 aliphatic heterocycles. The molecule has 0 spiro atoms. The van der Waals surface area contributed by atoms with Gasteiger partial charge in [0.15, 0.2) is 0 Å². The zero-order chi connectivity index (χ0) is 19.9. The molecule has 28 heavy (non-hydrogen) atoms. The standard InChI is InChI=1S/C21H19N3O3S/c1-24(14-19(25)22-15-8-3-2-4-9-15)21(27)16-10-5-6-11-17(16)23-20(26)18-12-7-13-28-18/h2-13H,14H2,1H3,(H,22,25)(H,23,26). The summed E-state index contributed by atoms with van der Waals surface area (Å²) in [6.07, 6.45) is 0. The molecule has 0 fully saturated rings. The number of hydrogen-bond donors (Lipinski definition) is 2. The molecule has 3 amide bonds. The Balaban J connectivity index is 1.68. The van der Waals surface area contributed by atoms with E-state index in [1.54, 1.807) is 55.6 Å². The molecule has 3 aromatic rings. The number of rotatable bonds is 6. The fraction of sp³-hybridized carbons (Fsp3) is 0.0952. The van der Waals surface area contributed by atoms with Gasteiger partial charge in [-0.15, -0.1) is 11.3 Å². The smallest absolute Gasteiger partial charge is 0.265 e. The van der Waals surface area contributed by atoms with E-state index in [4.69, 9.17) is 0 Å². The maximum Gasteiger partial charge on any atom is 0.265 e. The highest BCUT2D eigenvalue weighted by Crippen LogP contribution is 2.19. The van der Waals surface area contributed by atoms with Crippen molar-refractivity contribution in [3.63, 3.8) is 0 Å². The molecule has 2 N–H and O–H groups in total. The Morgan fingerprint density at radius 1 is 0.893 bits per heavy atom. The molecule has 0 bridgehead atoms. The number of nitrogens with zero attached hydrogens (tertiary/aromatic N) is 1. The van der Waals surface area contributed by atoms with Gasteiger partial charge < -0.3 is 15.5 Å². The molecule has 0 saturated carbocycles. The Kier molecular flexibility index (Phi) is 6.18. The van der Waals surface area contributed by atoms with E-state index in [0.717, 1.165) is 0 Å². The summed E-state index contributed by atoms with van der Waals surface area (Å²) >= 11 is 1.32. The lowest BCUT2D eigenvalue weighted by atomic mass is 10.1. The first kappa shape index (κ1) is 19.3. The van der Waals surface area contributed by atoms with E-state index in [1.807, 2.05) is 23.6 Å². The van der Waals surface area contributed by atoms with E-state index < -0.39 is 0 Å². The number of carbonyl (C=O) groups excluding carboxylic acids is 3. The molecule has 142 valence electrons. The van der Waals surface area contributed by atoms with Crippen LogP contribution in [-0.2, 0) is 4.79 Å². The average molecular weight is 393 g/mol. The number of likely N-dealkylation sites (N-methyl/N-ethyl adjacent to an activating group) is 1. The Hall–Kier alpha value is -3.45. The first-order valence-electron chi connectivity index (χ1n) is 8.59. The Morgan fingerprint density at radius 3 is 2.32 bits per heavy atom. The van der Waals surface area contributed by atoms with Gasteiger partial charge in [0.25, 0.3) is 11.8 Å². The fourth-order valence-corrected chi connectivity index (χ4v) is 3.20. The first-order valence-corrected chi connectivity index (χ1v) is 9.47. The third-order valence-corrected chi connectivity index (χ3v) is 4.80. The zero-order valence-corrected chi connectivity index (χ0v) is 16.0. The molecule has 2 aromatic carbocycles. The lowest BCUT2D eigenvalue weighted by molar-refractivity contribution is -0.116. The normalized spacial score (nSPS) is 10.2. The highest BCUT2D eigenvalue weighted by Gasteiger charge is 2.19. The van der Waals surface area contributed by atoms with Crippen LogP contribution in [-0.4, -0.2) is 36.2 Å². The van der Waals surface area contributed by atoms with Crippen LogP contribution in [0.2, 0.25) is 0 Å². The maximum atomic E-state index is 12.8. The topological polar surface area (TPSA) is 78.5 Å². The minimum atomic E-state index is -0.356. The van der Waals surface area contributed by atoms with E-state index in [2.05, 4.69) is 10.6 Å². The summed E-state index contributed by atoms with van der Waals surface area (Å²) in [6.45, 7) is -0.110. The predicted molar refractivity (Wildman–Crippen MR) is 111 cm³/mol. The number of thiophene rings is 1. The summed E-state index contributed by atoms with van der Waals surface area (Å²) in [5.74, 6) is -0.938. The van der Waals surface area contributed by atoms with Crippen molar-refractivity contribution in [1.82, 2.24) is 4.90 Å². The summed E-state index contributed by atoms with van der Waals surface area (Å²) < 4.78 is 0. The highest BCUT2D eigenvalue weighted by atomic mass is 32.1. The van der Waals surface area contributed by atoms with Gasteiger partial charge in [0.2, 0.25) is 5.91 Å². The summed E-state index contributed by atoms with van der Waals surface area (Å²) in [4.78, 5) is 39.2. The van der Waals surface area contributed by atoms with Gasteiger partial charge in [-0.3, -0.25) is 14.4 Å². The van der Waals surface area contributed by atoms with Gasteiger partial charge in [-0.05, 0) is 35.7 Å². The quantitative estimate of drug-likeness (QED) is 0.670. The molecular weight excluding hydrogens is 374 g/mol. The average Bonchev–Trinajstić information content (AvgIpc) is 3.23. The van der Waals surface area contributed by atoms with Crippen LogP contribution >= 0.6 is 11.3 Å². The third kappa shape index (κ3) is 4.83. The van der Waals surface area contributed by atoms with Crippen molar-refractivity contribution in [2.75, 3.05) is 24.2 Å². The maximum absolute atomic E-state index is 12.8. The molecule has 0 aliphatic carbocycles. The Morgan fingerprint density at radius 2 is 1.61 bits per heavy atom. The highest BCUT2D eigenvalue weighted by molar-refractivity contribution is 7.12. The zero-order valence-electron chi connectivity index (χ0n) is 15.2. The largest absolute Gasteiger partial charge is 0.332 e. The second-order valence-electron chi connectivity index (χ2n) is 6.05. The van der Waals surface area contributed by atoms with Crippen LogP contribution in [0, 0.1) is 0 Å². The second-order valence-corrected chi connectivity index (χ2v) is 7.00. The Bertz CT molecular complexity index is 972. The van der Waals surface area contributed by atoms with Crippen molar-refractivity contribution in [2.45, 2.75) is 0 Å². The number of hydrogen-bond acceptors (Lipinski definition) is 4. The van der Waals surface area contributed by atoms with Gasteiger partial charge in [-0.1, -0.05) is 36.4 Å². The van der Waals surface area contributed by atoms with Crippen molar-refractivity contribution < 1.29 is 14.4 Å². The third-order valence-electron chi connectivity index (χ3n) is 3.94. The van der Waals surface area contributed by atoms with Gasteiger partial charge in [0.1, 0.15) is 0 Å². The van der Waals surface area contributed by atoms with Crippen LogP contribution in [0.25, 0.3) is 0 Å². The van der Waals surface area contributed by atoms with Crippen molar-refractivity contribution >= 4 is 40.4 Å². The van der Waals surface area contributed by atoms with E-state index in [0.29, 0.717) is 21.8 Å². The molecule has 0 unspecified atom stereocenters. The van der Waals surface area contributed by atoms with Gasteiger partial charge in [-0.25, -0.2) is 0 Å². The number of carbonyl (C=O) groups is 3. The van der Waals surface area contributed by atoms with Crippen molar-refractivity contribution in [3.05, 3.63) is 82.6 Å². The summed E-state index contributed by atoms with van der Waals surface area (Å²) in [6, 6.07) is 19.3. The minimum Gasteiger partial charge on any atom is -0.332 e. The number of nitrogens with one attached hydrogen (secondary N) is 2. The van der Waals surface area contributed by atoms with E-state index in [1.165, 1.54) is 16.2 Å². The van der Waals surface area contributed by atoms with Gasteiger partial charge >= 0.3 is 0 Å². The lowest BCUT2D eigenvalue weighted by Gasteiger charge is -2.19. The number of benzene rings is 2. The molecule has 0 atom stereocenters. The van der Waals surface area contributed by atoms with Crippen molar-refractivity contribution in [1.29, 1.82) is 0 Å². The molecule has 7 heteroatoms. The summed E-state index contributed by atoms with van der Waals surface area (Å²) in [7, 11) is 1.55. The number of para-hydroxylation sites is 2. The van der Waals surface area contributed by atoms with Gasteiger partial charge in [-0.2, -0.15) is 0 Å². The SMILES string of the molecule is CN(CC(=O)Nc1ccccc1)C(=O)c1ccccc1NC(=O)c1cccs1. The van der Waals surface area contributed by atoms with Crippen LogP contribution in [0.1, 0.15) is 20.0 Å². The number of anilines is 2. The van der Waals surface area contributed by atoms with Crippen molar-refractivity contribution in [2.24, 2.45) is 0 Å². The van der Waals surface area contributed by atoms with Gasteiger partial charge in [0, 0.05) is 12.7 Å². The van der Waals surface area contributed by atoms with Crippen LogP contribution in [0.3, 0.4) is 0 Å². The van der Waals surface area contributed by atoms with E-state index in [-0.39, 0.29) is 24.3 Å². The van der Waals surface area contributed by atoms with Crippen LogP contribution < -0.4 is 10.6 Å². The summed E-state index contributed by atoms with van der Waals surface area (Å²) in [5, 5.41) is 7.32. The molecule has 0 saturated heterocycles. The molecular formula is C21H19N3O3S.